The average Bonchev–Trinajstić information content (AvgIpc) is 2.98. The molecular formula is C13H15N5O3. The predicted octanol–water partition coefficient (Wildman–Crippen LogP) is -0.0431. The molecule has 0 amide bonds. The molecule has 0 aromatic carbocycles. The van der Waals surface area contributed by atoms with Crippen molar-refractivity contribution < 1.29 is 14.9 Å². The quantitative estimate of drug-likeness (QED) is 0.583. The Morgan fingerprint density at radius 1 is 1.43 bits per heavy atom. The molecule has 0 radical (unpaired) electrons. The van der Waals surface area contributed by atoms with Crippen molar-refractivity contribution in [1.82, 2.24) is 19.9 Å². The lowest BCUT2D eigenvalue weighted by Crippen LogP contribution is -2.45. The van der Waals surface area contributed by atoms with Gasteiger partial charge in [0.25, 0.3) is 0 Å². The van der Waals surface area contributed by atoms with Gasteiger partial charge in [-0.25, -0.2) is 15.0 Å². The maximum absolute atomic E-state index is 10.2. The summed E-state index contributed by atoms with van der Waals surface area (Å²) in [7, 11) is 1.34. The molecule has 0 saturated carbocycles. The van der Waals surface area contributed by atoms with Crippen molar-refractivity contribution >= 4 is 17.0 Å². The Labute approximate surface area is 120 Å². The van der Waals surface area contributed by atoms with Crippen molar-refractivity contribution in [2.75, 3.05) is 19.0 Å². The highest BCUT2D eigenvalue weighted by Gasteiger charge is 2.37. The monoisotopic (exact) mass is 289 g/mol. The number of rotatable bonds is 4. The van der Waals surface area contributed by atoms with Crippen LogP contribution < -0.4 is 5.32 Å². The van der Waals surface area contributed by atoms with E-state index in [-0.39, 0.29) is 0 Å². The zero-order chi connectivity index (χ0) is 14.9. The first-order chi connectivity index (χ1) is 10.1. The lowest BCUT2D eigenvalue weighted by atomic mass is 9.96. The molecule has 0 spiro atoms. The SMILES string of the molecule is COC1(O)C=CC=C(CNc2ncnc3nc[nH]c23)C1O. The number of aromatic amines is 1. The fourth-order valence-electron chi connectivity index (χ4n) is 2.18. The van der Waals surface area contributed by atoms with Crippen LogP contribution >= 0.6 is 0 Å². The molecule has 1 aliphatic rings. The summed E-state index contributed by atoms with van der Waals surface area (Å²) in [5.41, 5.74) is 1.81. The number of imidazole rings is 1. The minimum Gasteiger partial charge on any atom is -0.383 e. The third-order valence-electron chi connectivity index (χ3n) is 3.40. The lowest BCUT2D eigenvalue weighted by Gasteiger charge is -2.32. The highest BCUT2D eigenvalue weighted by Crippen LogP contribution is 2.25. The van der Waals surface area contributed by atoms with E-state index in [9.17, 15) is 10.2 Å². The molecular weight excluding hydrogens is 274 g/mol. The molecule has 2 atom stereocenters. The number of aromatic nitrogens is 4. The van der Waals surface area contributed by atoms with Gasteiger partial charge in [-0.15, -0.1) is 0 Å². The Bertz CT molecular complexity index is 711. The summed E-state index contributed by atoms with van der Waals surface area (Å²) >= 11 is 0. The molecule has 8 heteroatoms. The van der Waals surface area contributed by atoms with Crippen LogP contribution in [0.1, 0.15) is 0 Å². The number of nitrogens with one attached hydrogen (secondary N) is 2. The van der Waals surface area contributed by atoms with Crippen molar-refractivity contribution in [2.24, 2.45) is 0 Å². The topological polar surface area (TPSA) is 116 Å². The van der Waals surface area contributed by atoms with E-state index in [4.69, 9.17) is 4.74 Å². The number of allylic oxidation sites excluding steroid dienone is 2. The van der Waals surface area contributed by atoms with Gasteiger partial charge in [0.1, 0.15) is 17.9 Å². The maximum atomic E-state index is 10.2. The summed E-state index contributed by atoms with van der Waals surface area (Å²) in [5.74, 6) is -1.14. The van der Waals surface area contributed by atoms with Crippen LogP contribution in [0.3, 0.4) is 0 Å². The Hall–Kier alpha value is -2.29. The molecule has 3 rings (SSSR count). The molecule has 0 bridgehead atoms. The predicted molar refractivity (Wildman–Crippen MR) is 75.4 cm³/mol. The standard InChI is InChI=1S/C13H15N5O3/c1-21-13(20)4-2-3-8(10(13)19)5-14-11-9-12(16-6-15-9)18-7-17-11/h2-4,6-7,10,19-20H,5H2,1H3,(H2,14,15,16,17,18). The van der Waals surface area contributed by atoms with Gasteiger partial charge in [-0.3, -0.25) is 0 Å². The fourth-order valence-corrected chi connectivity index (χ4v) is 2.18. The largest absolute Gasteiger partial charge is 0.383 e. The van der Waals surface area contributed by atoms with Gasteiger partial charge in [0.2, 0.25) is 5.79 Å². The second kappa shape index (κ2) is 5.24. The van der Waals surface area contributed by atoms with Crippen LogP contribution in [0.5, 0.6) is 0 Å². The third-order valence-corrected chi connectivity index (χ3v) is 3.40. The molecule has 2 unspecified atom stereocenters. The molecule has 4 N–H and O–H groups in total. The lowest BCUT2D eigenvalue weighted by molar-refractivity contribution is -0.198. The van der Waals surface area contributed by atoms with E-state index >= 15 is 0 Å². The van der Waals surface area contributed by atoms with Crippen molar-refractivity contribution in [3.8, 4) is 0 Å². The zero-order valence-corrected chi connectivity index (χ0v) is 11.3. The summed E-state index contributed by atoms with van der Waals surface area (Å²) in [6.07, 6.45) is 6.54. The first-order valence-electron chi connectivity index (χ1n) is 6.36. The Morgan fingerprint density at radius 3 is 3.10 bits per heavy atom. The third kappa shape index (κ3) is 2.40. The average molecular weight is 289 g/mol. The summed E-state index contributed by atoms with van der Waals surface area (Å²) in [6, 6.07) is 0. The van der Waals surface area contributed by atoms with Crippen LogP contribution in [0, 0.1) is 0 Å². The number of aliphatic hydroxyl groups excluding tert-OH is 1. The molecule has 21 heavy (non-hydrogen) atoms. The van der Waals surface area contributed by atoms with Crippen LogP contribution in [-0.2, 0) is 4.74 Å². The Balaban J connectivity index is 1.78. The Morgan fingerprint density at radius 2 is 2.29 bits per heavy atom. The summed E-state index contributed by atoms with van der Waals surface area (Å²) in [6.45, 7) is 0.294. The van der Waals surface area contributed by atoms with Gasteiger partial charge in [-0.2, -0.15) is 0 Å². The normalized spacial score (nSPS) is 25.1. The second-order valence-corrected chi connectivity index (χ2v) is 4.64. The number of nitrogens with zero attached hydrogens (tertiary/aromatic N) is 3. The smallest absolute Gasteiger partial charge is 0.216 e. The van der Waals surface area contributed by atoms with Gasteiger partial charge in [0.05, 0.1) is 6.33 Å². The molecule has 2 aromatic heterocycles. The minimum atomic E-state index is -1.71. The highest BCUT2D eigenvalue weighted by atomic mass is 16.6. The molecule has 0 fully saturated rings. The first-order valence-corrected chi connectivity index (χ1v) is 6.36. The van der Waals surface area contributed by atoms with Crippen molar-refractivity contribution in [3.63, 3.8) is 0 Å². The second-order valence-electron chi connectivity index (χ2n) is 4.64. The van der Waals surface area contributed by atoms with E-state index in [1.165, 1.54) is 25.8 Å². The van der Waals surface area contributed by atoms with E-state index in [0.717, 1.165) is 0 Å². The van der Waals surface area contributed by atoms with E-state index in [1.807, 2.05) is 0 Å². The molecule has 2 aromatic rings. The van der Waals surface area contributed by atoms with Crippen LogP contribution in [0.2, 0.25) is 0 Å². The maximum Gasteiger partial charge on any atom is 0.216 e. The molecule has 2 heterocycles. The van der Waals surface area contributed by atoms with Crippen molar-refractivity contribution in [2.45, 2.75) is 11.9 Å². The molecule has 0 saturated heterocycles. The number of fused-ring (bicyclic) bond motifs is 1. The molecule has 8 nitrogen and oxygen atoms in total. The van der Waals surface area contributed by atoms with Gasteiger partial charge in [-0.05, 0) is 11.6 Å². The number of anilines is 1. The molecule has 0 aliphatic heterocycles. The van der Waals surface area contributed by atoms with Crippen LogP contribution in [0.25, 0.3) is 11.2 Å². The van der Waals surface area contributed by atoms with E-state index in [0.29, 0.717) is 29.1 Å². The number of hydrogen-bond donors (Lipinski definition) is 4. The van der Waals surface area contributed by atoms with Crippen LogP contribution in [-0.4, -0.2) is 55.7 Å². The van der Waals surface area contributed by atoms with Crippen LogP contribution in [0.15, 0.2) is 36.5 Å². The highest BCUT2D eigenvalue weighted by molar-refractivity contribution is 5.82. The summed E-state index contributed by atoms with van der Waals surface area (Å²) in [5, 5.41) is 23.3. The van der Waals surface area contributed by atoms with E-state index in [1.54, 1.807) is 12.2 Å². The first kappa shape index (κ1) is 13.7. The van der Waals surface area contributed by atoms with Crippen molar-refractivity contribution in [1.29, 1.82) is 0 Å². The minimum absolute atomic E-state index is 0.294. The molecule has 1 aliphatic carbocycles. The van der Waals surface area contributed by atoms with E-state index in [2.05, 4.69) is 25.3 Å². The number of aliphatic hydroxyl groups is 2. The number of hydrogen-bond acceptors (Lipinski definition) is 7. The Kier molecular flexibility index (Phi) is 3.42. The zero-order valence-electron chi connectivity index (χ0n) is 11.3. The van der Waals surface area contributed by atoms with Gasteiger partial charge < -0.3 is 25.3 Å². The van der Waals surface area contributed by atoms with Gasteiger partial charge in [0, 0.05) is 13.7 Å². The number of H-pyrrole nitrogens is 1. The molecule has 110 valence electrons. The van der Waals surface area contributed by atoms with E-state index < -0.39 is 11.9 Å². The van der Waals surface area contributed by atoms with Crippen LogP contribution in [0.4, 0.5) is 5.82 Å². The summed E-state index contributed by atoms with van der Waals surface area (Å²) in [4.78, 5) is 15.1. The summed E-state index contributed by atoms with van der Waals surface area (Å²) < 4.78 is 4.94. The number of ether oxygens (including phenoxy) is 1. The number of methoxy groups -OCH3 is 1. The van der Waals surface area contributed by atoms with Gasteiger partial charge >= 0.3 is 0 Å². The van der Waals surface area contributed by atoms with Gasteiger partial charge in [0.15, 0.2) is 11.5 Å². The fraction of sp³-hybridized carbons (Fsp3) is 0.308. The van der Waals surface area contributed by atoms with Crippen molar-refractivity contribution in [3.05, 3.63) is 36.5 Å². The van der Waals surface area contributed by atoms with Gasteiger partial charge in [-0.1, -0.05) is 12.2 Å².